The minimum Gasteiger partial charge on any atom is -0.276 e. The van der Waals surface area contributed by atoms with Gasteiger partial charge in [0.2, 0.25) is 6.41 Å². The van der Waals surface area contributed by atoms with Gasteiger partial charge in [-0.1, -0.05) is 5.11 Å². The summed E-state index contributed by atoms with van der Waals surface area (Å²) in [7, 11) is 0. The zero-order valence-corrected chi connectivity index (χ0v) is 8.10. The number of rotatable bonds is 5. The molecule has 0 unspecified atom stereocenters. The summed E-state index contributed by atoms with van der Waals surface area (Å²) in [6, 6.07) is 0. The number of amides is 1. The van der Waals surface area contributed by atoms with Gasteiger partial charge >= 0.3 is 0 Å². The number of carbonyl (C=O) groups is 1. The second-order valence-corrected chi connectivity index (χ2v) is 3.40. The van der Waals surface area contributed by atoms with E-state index in [4.69, 9.17) is 10.4 Å². The average molecular weight is 186 g/mol. The van der Waals surface area contributed by atoms with Crippen molar-refractivity contribution in [3.63, 3.8) is 0 Å². The van der Waals surface area contributed by atoms with E-state index in [2.05, 4.69) is 10.0 Å². The highest BCUT2D eigenvalue weighted by atomic mass is 16.7. The summed E-state index contributed by atoms with van der Waals surface area (Å²) in [5, 5.41) is 4.41. The molecule has 0 aromatic rings. The second-order valence-electron chi connectivity index (χ2n) is 3.40. The maximum absolute atomic E-state index is 10.4. The zero-order chi connectivity index (χ0) is 10.3. The Kier molecular flexibility index (Phi) is 4.87. The topological polar surface area (TPSA) is 78.3 Å². The highest BCUT2D eigenvalue weighted by Gasteiger charge is 2.15. The maximum Gasteiger partial charge on any atom is 0.233 e. The first kappa shape index (κ1) is 11.7. The molecule has 0 saturated carbocycles. The molecule has 0 aromatic carbocycles. The number of hydroxylamine groups is 2. The van der Waals surface area contributed by atoms with Crippen molar-refractivity contribution in [1.29, 1.82) is 0 Å². The van der Waals surface area contributed by atoms with Gasteiger partial charge < -0.3 is 0 Å². The first-order valence-corrected chi connectivity index (χ1v) is 3.91. The molecule has 0 heterocycles. The molecule has 1 amide bonds. The third-order valence-corrected chi connectivity index (χ3v) is 0.992. The summed E-state index contributed by atoms with van der Waals surface area (Å²) in [4.78, 5) is 18.2. The summed E-state index contributed by atoms with van der Waals surface area (Å²) in [6.07, 6.45) is 0.568. The van der Waals surface area contributed by atoms with Gasteiger partial charge in [0.15, 0.2) is 0 Å². The molecule has 13 heavy (non-hydrogen) atoms. The van der Waals surface area contributed by atoms with Gasteiger partial charge in [-0.15, -0.1) is 0 Å². The van der Waals surface area contributed by atoms with E-state index in [1.807, 2.05) is 20.8 Å². The number of hydrogen-bond donors (Lipinski definition) is 0. The fourth-order valence-electron chi connectivity index (χ4n) is 0.660. The van der Waals surface area contributed by atoms with Crippen LogP contribution >= 0.6 is 0 Å². The van der Waals surface area contributed by atoms with Crippen LogP contribution in [-0.4, -0.2) is 30.2 Å². The highest BCUT2D eigenvalue weighted by Crippen LogP contribution is 2.08. The number of hydrogen-bond acceptors (Lipinski definition) is 3. The zero-order valence-electron chi connectivity index (χ0n) is 8.10. The van der Waals surface area contributed by atoms with Crippen molar-refractivity contribution >= 4 is 6.41 Å². The highest BCUT2D eigenvalue weighted by molar-refractivity contribution is 5.45. The lowest BCUT2D eigenvalue weighted by molar-refractivity contribution is -0.214. The van der Waals surface area contributed by atoms with Crippen LogP contribution in [0.2, 0.25) is 0 Å². The van der Waals surface area contributed by atoms with Crippen molar-refractivity contribution in [3.8, 4) is 0 Å². The lowest BCUT2D eigenvalue weighted by atomic mass is 10.2. The first-order valence-electron chi connectivity index (χ1n) is 3.91. The fourth-order valence-corrected chi connectivity index (χ4v) is 0.660. The molecule has 0 atom stereocenters. The molecule has 0 spiro atoms. The van der Waals surface area contributed by atoms with Crippen LogP contribution in [0.1, 0.15) is 20.8 Å². The molecule has 6 nitrogen and oxygen atoms in total. The minimum atomic E-state index is -0.419. The molecule has 0 fully saturated rings. The first-order chi connectivity index (χ1) is 5.99. The Morgan fingerprint density at radius 3 is 2.62 bits per heavy atom. The Morgan fingerprint density at radius 1 is 1.62 bits per heavy atom. The van der Waals surface area contributed by atoms with Crippen LogP contribution in [0.3, 0.4) is 0 Å². The molecule has 0 radical (unpaired) electrons. The van der Waals surface area contributed by atoms with E-state index in [1.165, 1.54) is 0 Å². The second kappa shape index (κ2) is 5.40. The molecule has 0 bridgehead atoms. The molecule has 0 N–H and O–H groups in total. The summed E-state index contributed by atoms with van der Waals surface area (Å²) in [6.45, 7) is 5.97. The van der Waals surface area contributed by atoms with E-state index in [-0.39, 0.29) is 13.1 Å². The van der Waals surface area contributed by atoms with E-state index in [0.717, 1.165) is 5.06 Å². The van der Waals surface area contributed by atoms with Crippen LogP contribution in [-0.2, 0) is 9.63 Å². The molecule has 0 saturated heterocycles. The summed E-state index contributed by atoms with van der Waals surface area (Å²) in [5.41, 5.74) is 7.58. The van der Waals surface area contributed by atoms with Crippen molar-refractivity contribution in [2.45, 2.75) is 26.4 Å². The van der Waals surface area contributed by atoms with Crippen molar-refractivity contribution in [3.05, 3.63) is 10.4 Å². The Morgan fingerprint density at radius 2 is 2.23 bits per heavy atom. The van der Waals surface area contributed by atoms with Crippen LogP contribution < -0.4 is 0 Å². The van der Waals surface area contributed by atoms with E-state index in [9.17, 15) is 4.79 Å². The average Bonchev–Trinajstić information content (AvgIpc) is 2.01. The lowest BCUT2D eigenvalue weighted by Gasteiger charge is -2.26. The molecular weight excluding hydrogens is 172 g/mol. The Labute approximate surface area is 77.1 Å². The SMILES string of the molecule is CC(C)(C)ON(C=O)CCN=[N+]=[N-]. The van der Waals surface area contributed by atoms with Crippen molar-refractivity contribution in [2.75, 3.05) is 13.1 Å². The monoisotopic (exact) mass is 186 g/mol. The number of carbonyl (C=O) groups excluding carboxylic acids is 1. The standard InChI is InChI=1S/C7H14N4O2/c1-7(2,3)13-11(6-12)5-4-9-10-8/h6H,4-5H2,1-3H3. The normalized spacial score (nSPS) is 10.4. The summed E-state index contributed by atoms with van der Waals surface area (Å²) >= 11 is 0. The van der Waals surface area contributed by atoms with Gasteiger partial charge in [0.1, 0.15) is 0 Å². The van der Waals surface area contributed by atoms with Gasteiger partial charge in [-0.3, -0.25) is 9.63 Å². The van der Waals surface area contributed by atoms with Crippen LogP contribution in [0.4, 0.5) is 0 Å². The van der Waals surface area contributed by atoms with Crippen LogP contribution in [0.25, 0.3) is 10.4 Å². The van der Waals surface area contributed by atoms with Crippen molar-refractivity contribution in [1.82, 2.24) is 5.06 Å². The maximum atomic E-state index is 10.4. The molecule has 6 heteroatoms. The Balaban J connectivity index is 3.89. The summed E-state index contributed by atoms with van der Waals surface area (Å²) < 4.78 is 0. The predicted molar refractivity (Wildman–Crippen MR) is 47.6 cm³/mol. The molecule has 0 aliphatic rings. The molecule has 0 rings (SSSR count). The minimum absolute atomic E-state index is 0.214. The van der Waals surface area contributed by atoms with Gasteiger partial charge in [0.05, 0.1) is 12.1 Å². The number of azide groups is 1. The largest absolute Gasteiger partial charge is 0.276 e. The van der Waals surface area contributed by atoms with E-state index in [1.54, 1.807) is 0 Å². The van der Waals surface area contributed by atoms with Gasteiger partial charge in [-0.05, 0) is 26.3 Å². The predicted octanol–water partition coefficient (Wildman–Crippen LogP) is 1.49. The van der Waals surface area contributed by atoms with Crippen molar-refractivity contribution < 1.29 is 9.63 Å². The van der Waals surface area contributed by atoms with Gasteiger partial charge in [-0.25, -0.2) is 5.06 Å². The van der Waals surface area contributed by atoms with Crippen LogP contribution in [0.15, 0.2) is 5.11 Å². The van der Waals surface area contributed by atoms with Gasteiger partial charge in [0, 0.05) is 11.5 Å². The molecular formula is C7H14N4O2. The quantitative estimate of drug-likeness (QED) is 0.214. The van der Waals surface area contributed by atoms with Crippen LogP contribution in [0, 0.1) is 0 Å². The Bertz CT molecular complexity index is 205. The van der Waals surface area contributed by atoms with Crippen molar-refractivity contribution in [2.24, 2.45) is 5.11 Å². The van der Waals surface area contributed by atoms with Crippen LogP contribution in [0.5, 0.6) is 0 Å². The van der Waals surface area contributed by atoms with Gasteiger partial charge in [-0.2, -0.15) is 0 Å². The van der Waals surface area contributed by atoms with E-state index in [0.29, 0.717) is 6.41 Å². The third kappa shape index (κ3) is 7.11. The molecule has 0 aromatic heterocycles. The van der Waals surface area contributed by atoms with E-state index < -0.39 is 5.60 Å². The van der Waals surface area contributed by atoms with E-state index >= 15 is 0 Å². The third-order valence-electron chi connectivity index (χ3n) is 0.992. The molecule has 74 valence electrons. The van der Waals surface area contributed by atoms with Gasteiger partial charge in [0.25, 0.3) is 0 Å². The lowest BCUT2D eigenvalue weighted by Crippen LogP contribution is -2.34. The number of nitrogens with zero attached hydrogens (tertiary/aromatic N) is 4. The fraction of sp³-hybridized carbons (Fsp3) is 0.857. The summed E-state index contributed by atoms with van der Waals surface area (Å²) in [5.74, 6) is 0. The molecule has 0 aliphatic heterocycles. The Hall–Kier alpha value is -1.26. The smallest absolute Gasteiger partial charge is 0.233 e. The molecule has 0 aliphatic carbocycles.